The molecule has 0 heterocycles. The molecule has 0 amide bonds. The molecule has 1 aromatic carbocycles. The number of hydrogen-bond acceptors (Lipinski definition) is 4. The lowest BCUT2D eigenvalue weighted by Crippen LogP contribution is -2.10. The number of nitro groups is 1. The zero-order valence-corrected chi connectivity index (χ0v) is 8.34. The van der Waals surface area contributed by atoms with Crippen LogP contribution in [0.2, 0.25) is 0 Å². The molecule has 0 aromatic heterocycles. The van der Waals surface area contributed by atoms with Gasteiger partial charge in [-0.25, -0.2) is 0 Å². The van der Waals surface area contributed by atoms with Gasteiger partial charge in [0.05, 0.1) is 4.92 Å². The summed E-state index contributed by atoms with van der Waals surface area (Å²) in [5.41, 5.74) is -2.43. The average Bonchev–Trinajstić information content (AvgIpc) is 2.15. The van der Waals surface area contributed by atoms with Gasteiger partial charge >= 0.3 is 6.18 Å². The highest BCUT2D eigenvalue weighted by molar-refractivity contribution is 5.85. The highest BCUT2D eigenvalue weighted by Crippen LogP contribution is 2.37. The van der Waals surface area contributed by atoms with Crippen molar-refractivity contribution in [2.24, 2.45) is 5.90 Å². The van der Waals surface area contributed by atoms with E-state index in [1.807, 2.05) is 0 Å². The molecule has 0 aliphatic heterocycles. The number of nitro benzene ring substituents is 1. The van der Waals surface area contributed by atoms with Gasteiger partial charge in [0.15, 0.2) is 0 Å². The fourth-order valence-electron chi connectivity index (χ4n) is 0.975. The van der Waals surface area contributed by atoms with E-state index in [4.69, 9.17) is 0 Å². The Kier molecular flexibility index (Phi) is 4.51. The van der Waals surface area contributed by atoms with Gasteiger partial charge in [-0.05, 0) is 6.07 Å². The zero-order valence-electron chi connectivity index (χ0n) is 7.52. The second-order valence-electron chi connectivity index (χ2n) is 2.55. The first-order valence-electron chi connectivity index (χ1n) is 3.58. The average molecular weight is 259 g/mol. The van der Waals surface area contributed by atoms with Gasteiger partial charge in [0.1, 0.15) is 11.3 Å². The lowest BCUT2D eigenvalue weighted by Gasteiger charge is -2.08. The first-order valence-corrected chi connectivity index (χ1v) is 3.58. The molecule has 0 spiro atoms. The molecule has 0 radical (unpaired) electrons. The second kappa shape index (κ2) is 4.99. The van der Waals surface area contributed by atoms with Crippen molar-refractivity contribution >= 4 is 18.1 Å². The Bertz CT molecular complexity index is 397. The molecule has 0 unspecified atom stereocenters. The number of rotatable bonds is 2. The minimum Gasteiger partial charge on any atom is -0.412 e. The van der Waals surface area contributed by atoms with Crippen molar-refractivity contribution in [2.75, 3.05) is 0 Å². The standard InChI is InChI=1S/C7H5F3N2O3.ClH/c8-7(9,10)5-3-4(15-11)1-2-6(5)12(13)14;/h1-3H,11H2;1H. The fraction of sp³-hybridized carbons (Fsp3) is 0.143. The summed E-state index contributed by atoms with van der Waals surface area (Å²) >= 11 is 0. The van der Waals surface area contributed by atoms with Crippen molar-refractivity contribution in [3.63, 3.8) is 0 Å². The molecule has 0 bridgehead atoms. The van der Waals surface area contributed by atoms with Crippen molar-refractivity contribution in [3.8, 4) is 5.75 Å². The third-order valence-electron chi connectivity index (χ3n) is 1.61. The molecule has 0 saturated heterocycles. The molecule has 0 saturated carbocycles. The van der Waals surface area contributed by atoms with Crippen molar-refractivity contribution in [1.82, 2.24) is 0 Å². The van der Waals surface area contributed by atoms with Crippen LogP contribution in [-0.2, 0) is 6.18 Å². The van der Waals surface area contributed by atoms with Crippen LogP contribution in [0.15, 0.2) is 18.2 Å². The number of hydrogen-bond donors (Lipinski definition) is 1. The van der Waals surface area contributed by atoms with E-state index in [9.17, 15) is 23.3 Å². The highest BCUT2D eigenvalue weighted by atomic mass is 35.5. The van der Waals surface area contributed by atoms with E-state index in [0.717, 1.165) is 6.07 Å². The van der Waals surface area contributed by atoms with Crippen molar-refractivity contribution < 1.29 is 22.9 Å². The molecule has 9 heteroatoms. The van der Waals surface area contributed by atoms with Crippen molar-refractivity contribution in [3.05, 3.63) is 33.9 Å². The molecular weight excluding hydrogens is 253 g/mol. The zero-order chi connectivity index (χ0) is 11.6. The van der Waals surface area contributed by atoms with Crippen molar-refractivity contribution in [1.29, 1.82) is 0 Å². The number of nitrogens with zero attached hydrogens (tertiary/aromatic N) is 1. The Hall–Kier alpha value is -1.54. The topological polar surface area (TPSA) is 78.4 Å². The summed E-state index contributed by atoms with van der Waals surface area (Å²) in [4.78, 5) is 13.2. The van der Waals surface area contributed by atoms with Crippen LogP contribution in [0.4, 0.5) is 18.9 Å². The third-order valence-corrected chi connectivity index (χ3v) is 1.61. The molecule has 1 aromatic rings. The lowest BCUT2D eigenvalue weighted by atomic mass is 10.1. The van der Waals surface area contributed by atoms with Gasteiger partial charge in [-0.1, -0.05) is 0 Å². The monoisotopic (exact) mass is 258 g/mol. The van der Waals surface area contributed by atoms with E-state index in [1.165, 1.54) is 0 Å². The molecule has 0 aliphatic carbocycles. The summed E-state index contributed by atoms with van der Waals surface area (Å²) in [6, 6.07) is 2.14. The maximum atomic E-state index is 12.3. The van der Waals surface area contributed by atoms with Gasteiger partial charge in [-0.3, -0.25) is 10.1 Å². The van der Waals surface area contributed by atoms with Gasteiger partial charge < -0.3 is 4.84 Å². The molecule has 1 rings (SSSR count). The molecule has 90 valence electrons. The van der Waals surface area contributed by atoms with Crippen LogP contribution in [0.1, 0.15) is 5.56 Å². The Morgan fingerprint density at radius 2 is 1.94 bits per heavy atom. The summed E-state index contributed by atoms with van der Waals surface area (Å²) in [6.45, 7) is 0. The Labute approximate surface area is 93.5 Å². The van der Waals surface area contributed by atoms with Gasteiger partial charge in [-0.2, -0.15) is 19.1 Å². The van der Waals surface area contributed by atoms with E-state index in [2.05, 4.69) is 10.7 Å². The van der Waals surface area contributed by atoms with E-state index in [1.54, 1.807) is 0 Å². The Balaban J connectivity index is 0.00000225. The summed E-state index contributed by atoms with van der Waals surface area (Å²) in [5.74, 6) is 4.35. The molecule has 0 aliphatic rings. The number of halogens is 4. The van der Waals surface area contributed by atoms with Crippen LogP contribution in [0.25, 0.3) is 0 Å². The fourth-order valence-corrected chi connectivity index (χ4v) is 0.975. The normalized spacial score (nSPS) is 10.5. The van der Waals surface area contributed by atoms with Crippen LogP contribution >= 0.6 is 12.4 Å². The minimum absolute atomic E-state index is 0. The number of nitrogens with two attached hydrogens (primary N) is 1. The molecule has 5 nitrogen and oxygen atoms in total. The van der Waals surface area contributed by atoms with Gasteiger partial charge in [0.25, 0.3) is 5.69 Å². The predicted octanol–water partition coefficient (Wildman–Crippen LogP) is 2.29. The van der Waals surface area contributed by atoms with Crippen molar-refractivity contribution in [2.45, 2.75) is 6.18 Å². The van der Waals surface area contributed by atoms with Crippen LogP contribution in [0, 0.1) is 10.1 Å². The SMILES string of the molecule is Cl.NOc1ccc([N+](=O)[O-])c(C(F)(F)F)c1. The second-order valence-corrected chi connectivity index (χ2v) is 2.55. The van der Waals surface area contributed by atoms with Gasteiger partial charge in [-0.15, -0.1) is 12.4 Å². The minimum atomic E-state index is -4.82. The summed E-state index contributed by atoms with van der Waals surface area (Å²) in [6.07, 6.45) is -4.82. The first kappa shape index (κ1) is 14.5. The predicted molar refractivity (Wildman–Crippen MR) is 50.2 cm³/mol. The number of benzene rings is 1. The van der Waals surface area contributed by atoms with E-state index in [-0.39, 0.29) is 18.2 Å². The van der Waals surface area contributed by atoms with E-state index >= 15 is 0 Å². The molecule has 0 atom stereocenters. The first-order chi connectivity index (χ1) is 6.86. The largest absolute Gasteiger partial charge is 0.423 e. The molecule has 16 heavy (non-hydrogen) atoms. The summed E-state index contributed by atoms with van der Waals surface area (Å²) in [7, 11) is 0. The smallest absolute Gasteiger partial charge is 0.412 e. The van der Waals surface area contributed by atoms with Gasteiger partial charge in [0.2, 0.25) is 0 Å². The Morgan fingerprint density at radius 1 is 1.38 bits per heavy atom. The van der Waals surface area contributed by atoms with Crippen LogP contribution in [0.3, 0.4) is 0 Å². The van der Waals surface area contributed by atoms with Crippen LogP contribution < -0.4 is 10.7 Å². The van der Waals surface area contributed by atoms with Crippen LogP contribution in [-0.4, -0.2) is 4.92 Å². The maximum Gasteiger partial charge on any atom is 0.423 e. The van der Waals surface area contributed by atoms with Gasteiger partial charge in [0, 0.05) is 12.1 Å². The highest BCUT2D eigenvalue weighted by Gasteiger charge is 2.38. The van der Waals surface area contributed by atoms with E-state index in [0.29, 0.717) is 12.1 Å². The Morgan fingerprint density at radius 3 is 2.31 bits per heavy atom. The number of alkyl halides is 3. The van der Waals surface area contributed by atoms with E-state index < -0.39 is 22.4 Å². The maximum absolute atomic E-state index is 12.3. The molecule has 0 fully saturated rings. The summed E-state index contributed by atoms with van der Waals surface area (Å²) in [5, 5.41) is 10.3. The quantitative estimate of drug-likeness (QED) is 0.652. The lowest BCUT2D eigenvalue weighted by molar-refractivity contribution is -0.388. The summed E-state index contributed by atoms with van der Waals surface area (Å²) < 4.78 is 37.0. The molecule has 2 N–H and O–H groups in total. The van der Waals surface area contributed by atoms with Crippen LogP contribution in [0.5, 0.6) is 5.75 Å². The third kappa shape index (κ3) is 2.97. The molecular formula is C7H6ClF3N2O3.